The highest BCUT2D eigenvalue weighted by atomic mass is 16.5. The van der Waals surface area contributed by atoms with Gasteiger partial charge in [0.05, 0.1) is 24.9 Å². The van der Waals surface area contributed by atoms with E-state index in [2.05, 4.69) is 6.08 Å². The number of carboxylic acid groups (broad SMARTS) is 1. The Labute approximate surface area is 153 Å². The molecule has 2 heterocycles. The first kappa shape index (κ1) is 18.8. The van der Waals surface area contributed by atoms with Crippen molar-refractivity contribution in [1.82, 2.24) is 0 Å². The molecule has 0 aliphatic carbocycles. The zero-order valence-corrected chi connectivity index (χ0v) is 14.7. The molecule has 2 N–H and O–H groups in total. The molecule has 0 aromatic heterocycles. The van der Waals surface area contributed by atoms with Gasteiger partial charge in [0.25, 0.3) is 0 Å². The Morgan fingerprint density at radius 1 is 1.23 bits per heavy atom. The summed E-state index contributed by atoms with van der Waals surface area (Å²) in [6.07, 6.45) is 10.8. The van der Waals surface area contributed by atoms with Crippen LogP contribution in [0.1, 0.15) is 30.9 Å². The van der Waals surface area contributed by atoms with E-state index in [0.717, 1.165) is 24.8 Å². The lowest BCUT2D eigenvalue weighted by Crippen LogP contribution is -2.25. The zero-order valence-electron chi connectivity index (χ0n) is 14.7. The van der Waals surface area contributed by atoms with Crippen molar-refractivity contribution >= 4 is 5.97 Å². The smallest absolute Gasteiger partial charge is 0.329 e. The van der Waals surface area contributed by atoms with Gasteiger partial charge in [0, 0.05) is 5.92 Å². The van der Waals surface area contributed by atoms with Crippen LogP contribution in [-0.2, 0) is 14.3 Å². The Balaban J connectivity index is 1.54. The van der Waals surface area contributed by atoms with Crippen molar-refractivity contribution in [3.63, 3.8) is 0 Å². The van der Waals surface area contributed by atoms with E-state index in [-0.39, 0.29) is 18.8 Å². The third-order valence-corrected chi connectivity index (χ3v) is 5.16. The first-order chi connectivity index (χ1) is 12.6. The molecule has 5 heteroatoms. The first-order valence-electron chi connectivity index (χ1n) is 9.16. The lowest BCUT2D eigenvalue weighted by Gasteiger charge is -2.25. The molecule has 1 unspecified atom stereocenters. The molecule has 2 aliphatic heterocycles. The average molecular weight is 358 g/mol. The van der Waals surface area contributed by atoms with Gasteiger partial charge in [0.1, 0.15) is 6.61 Å². The Hall–Kier alpha value is -1.95. The van der Waals surface area contributed by atoms with Gasteiger partial charge in [0.2, 0.25) is 0 Å². The Kier molecular flexibility index (Phi) is 6.61. The number of carbonyl (C=O) groups is 1. The number of hydrogen-bond acceptors (Lipinski definition) is 4. The summed E-state index contributed by atoms with van der Waals surface area (Å²) in [4.78, 5) is 10.4. The van der Waals surface area contributed by atoms with E-state index >= 15 is 0 Å². The molecule has 5 nitrogen and oxygen atoms in total. The van der Waals surface area contributed by atoms with Crippen LogP contribution in [0.15, 0.2) is 54.6 Å². The second-order valence-corrected chi connectivity index (χ2v) is 6.89. The van der Waals surface area contributed by atoms with E-state index in [1.807, 2.05) is 48.6 Å². The summed E-state index contributed by atoms with van der Waals surface area (Å²) in [6.45, 7) is 0.0332. The predicted octanol–water partition coefficient (Wildman–Crippen LogP) is 3.12. The van der Waals surface area contributed by atoms with Crippen LogP contribution in [0, 0.1) is 11.8 Å². The second-order valence-electron chi connectivity index (χ2n) is 6.89. The highest BCUT2D eigenvalue weighted by Gasteiger charge is 2.46. The number of aliphatic hydroxyl groups is 1. The van der Waals surface area contributed by atoms with E-state index in [9.17, 15) is 9.90 Å². The number of fused-ring (bicyclic) bond motifs is 2. The quantitative estimate of drug-likeness (QED) is 0.524. The molecule has 1 aromatic rings. The largest absolute Gasteiger partial charge is 0.480 e. The van der Waals surface area contributed by atoms with Crippen molar-refractivity contribution in [2.24, 2.45) is 11.8 Å². The lowest BCUT2D eigenvalue weighted by molar-refractivity contribution is -0.141. The minimum Gasteiger partial charge on any atom is -0.480 e. The molecule has 2 saturated heterocycles. The molecular weight excluding hydrogens is 332 g/mol. The molecule has 3 rings (SSSR count). The van der Waals surface area contributed by atoms with Crippen molar-refractivity contribution in [1.29, 1.82) is 0 Å². The summed E-state index contributed by atoms with van der Waals surface area (Å²) < 4.78 is 11.1. The van der Waals surface area contributed by atoms with Crippen LogP contribution in [0.2, 0.25) is 0 Å². The Bertz CT molecular complexity index is 639. The van der Waals surface area contributed by atoms with Gasteiger partial charge in [0.15, 0.2) is 0 Å². The number of aliphatic hydroxyl groups excluding tert-OH is 1. The molecule has 0 spiro atoms. The van der Waals surface area contributed by atoms with Crippen molar-refractivity contribution in [2.75, 3.05) is 13.2 Å². The molecular formula is C21H26O5. The second kappa shape index (κ2) is 9.12. The topological polar surface area (TPSA) is 76.0 Å². The van der Waals surface area contributed by atoms with Crippen LogP contribution in [0.5, 0.6) is 0 Å². The van der Waals surface area contributed by atoms with Crippen LogP contribution in [-0.4, -0.2) is 41.6 Å². The van der Waals surface area contributed by atoms with E-state index < -0.39 is 12.1 Å². The van der Waals surface area contributed by atoms with E-state index in [4.69, 9.17) is 14.6 Å². The summed E-state index contributed by atoms with van der Waals surface area (Å²) in [6, 6.07) is 9.62. The number of hydrogen-bond donors (Lipinski definition) is 2. The van der Waals surface area contributed by atoms with Crippen LogP contribution in [0.25, 0.3) is 0 Å². The van der Waals surface area contributed by atoms with Crippen molar-refractivity contribution in [3.05, 3.63) is 60.2 Å². The Morgan fingerprint density at radius 2 is 2.00 bits per heavy atom. The monoisotopic (exact) mass is 358 g/mol. The number of benzene rings is 1. The summed E-state index contributed by atoms with van der Waals surface area (Å²) >= 11 is 0. The molecule has 2 fully saturated rings. The number of ether oxygens (including phenoxy) is 2. The molecule has 5 atom stereocenters. The van der Waals surface area contributed by atoms with Gasteiger partial charge in [-0.1, -0.05) is 54.6 Å². The molecule has 0 saturated carbocycles. The zero-order chi connectivity index (χ0) is 18.4. The molecule has 2 bridgehead atoms. The van der Waals surface area contributed by atoms with Crippen LogP contribution >= 0.6 is 0 Å². The number of rotatable bonds is 9. The number of carboxylic acids is 1. The number of aliphatic carboxylic acids is 1. The fraction of sp³-hybridized carbons (Fsp3) is 0.476. The van der Waals surface area contributed by atoms with E-state index in [0.29, 0.717) is 18.4 Å². The SMILES string of the molecule is O=C(O)COCC=CC[C@H]1[C@@H](C=CC(O)c2ccccc2)[C@H]2CC[C@@H]1O2. The Morgan fingerprint density at radius 3 is 2.77 bits per heavy atom. The van der Waals surface area contributed by atoms with Gasteiger partial charge in [-0.05, 0) is 30.7 Å². The summed E-state index contributed by atoms with van der Waals surface area (Å²) in [5.74, 6) is -0.262. The lowest BCUT2D eigenvalue weighted by atomic mass is 9.77. The minimum absolute atomic E-state index is 0.237. The molecule has 0 amide bonds. The van der Waals surface area contributed by atoms with Gasteiger partial charge < -0.3 is 19.7 Å². The molecule has 0 radical (unpaired) electrons. The average Bonchev–Trinajstić information content (AvgIpc) is 3.24. The summed E-state index contributed by atoms with van der Waals surface area (Å²) in [7, 11) is 0. The maximum atomic E-state index is 10.4. The number of allylic oxidation sites excluding steroid dienone is 1. The molecule has 2 aliphatic rings. The van der Waals surface area contributed by atoms with Gasteiger partial charge in [-0.2, -0.15) is 0 Å². The van der Waals surface area contributed by atoms with Gasteiger partial charge in [-0.25, -0.2) is 4.79 Å². The highest BCUT2D eigenvalue weighted by Crippen LogP contribution is 2.46. The van der Waals surface area contributed by atoms with Crippen LogP contribution < -0.4 is 0 Å². The van der Waals surface area contributed by atoms with Gasteiger partial charge in [-0.15, -0.1) is 0 Å². The fourth-order valence-corrected chi connectivity index (χ4v) is 3.92. The van der Waals surface area contributed by atoms with Gasteiger partial charge in [-0.3, -0.25) is 0 Å². The molecule has 140 valence electrons. The van der Waals surface area contributed by atoms with Crippen molar-refractivity contribution in [2.45, 2.75) is 37.6 Å². The summed E-state index contributed by atoms with van der Waals surface area (Å²) in [5, 5.41) is 18.9. The fourth-order valence-electron chi connectivity index (χ4n) is 3.92. The third-order valence-electron chi connectivity index (χ3n) is 5.16. The predicted molar refractivity (Wildman–Crippen MR) is 97.6 cm³/mol. The standard InChI is InChI=1S/C21H26O5/c22-18(15-6-2-1-3-7-15)10-9-17-16(19-11-12-20(17)26-19)8-4-5-13-25-14-21(23)24/h1-7,9-10,16-20,22H,8,11-14H2,(H,23,24)/t16-,17+,18?,19-,20+/m0/s1. The van der Waals surface area contributed by atoms with E-state index in [1.165, 1.54) is 0 Å². The van der Waals surface area contributed by atoms with Gasteiger partial charge >= 0.3 is 5.97 Å². The highest BCUT2D eigenvalue weighted by molar-refractivity contribution is 5.67. The van der Waals surface area contributed by atoms with Crippen LogP contribution in [0.4, 0.5) is 0 Å². The molecule has 26 heavy (non-hydrogen) atoms. The summed E-state index contributed by atoms with van der Waals surface area (Å²) in [5.41, 5.74) is 0.889. The maximum Gasteiger partial charge on any atom is 0.329 e. The minimum atomic E-state index is -0.956. The normalized spacial score (nSPS) is 29.0. The third kappa shape index (κ3) is 4.81. The maximum absolute atomic E-state index is 10.4. The van der Waals surface area contributed by atoms with Crippen molar-refractivity contribution in [3.8, 4) is 0 Å². The van der Waals surface area contributed by atoms with Crippen molar-refractivity contribution < 1.29 is 24.5 Å². The van der Waals surface area contributed by atoms with Crippen LogP contribution in [0.3, 0.4) is 0 Å². The first-order valence-corrected chi connectivity index (χ1v) is 9.16. The van der Waals surface area contributed by atoms with E-state index in [1.54, 1.807) is 0 Å². The molecule has 1 aromatic carbocycles.